The highest BCUT2D eigenvalue weighted by Gasteiger charge is 2.15. The molecule has 0 aliphatic heterocycles. The van der Waals surface area contributed by atoms with Gasteiger partial charge in [-0.15, -0.1) is 0 Å². The van der Waals surface area contributed by atoms with Crippen molar-refractivity contribution in [3.05, 3.63) is 30.5 Å². The third-order valence-corrected chi connectivity index (χ3v) is 3.65. The summed E-state index contributed by atoms with van der Waals surface area (Å²) in [6, 6.07) is 8.54. The summed E-state index contributed by atoms with van der Waals surface area (Å²) in [5, 5.41) is 1.04. The zero-order valence-electron chi connectivity index (χ0n) is 11.4. The predicted octanol–water partition coefficient (Wildman–Crippen LogP) is 3.44. The maximum Gasteiger partial charge on any atom is 0.0955 e. The van der Waals surface area contributed by atoms with E-state index in [1.165, 1.54) is 0 Å². The highest BCUT2D eigenvalue weighted by Crippen LogP contribution is 2.30. The van der Waals surface area contributed by atoms with Crippen LogP contribution in [-0.2, 0) is 0 Å². The first-order chi connectivity index (χ1) is 8.69. The van der Waals surface area contributed by atoms with Gasteiger partial charge in [-0.25, -0.2) is 0 Å². The van der Waals surface area contributed by atoms with Crippen molar-refractivity contribution in [1.29, 1.82) is 0 Å². The van der Waals surface area contributed by atoms with Crippen LogP contribution < -0.4 is 10.6 Å². The van der Waals surface area contributed by atoms with Crippen LogP contribution in [0.1, 0.15) is 26.7 Å². The van der Waals surface area contributed by atoms with Crippen molar-refractivity contribution in [3.8, 4) is 0 Å². The van der Waals surface area contributed by atoms with E-state index < -0.39 is 0 Å². The first-order valence-corrected chi connectivity index (χ1v) is 6.55. The second-order valence-corrected chi connectivity index (χ2v) is 4.65. The predicted molar refractivity (Wildman–Crippen MR) is 78.9 cm³/mol. The molecule has 0 unspecified atom stereocenters. The van der Waals surface area contributed by atoms with Gasteiger partial charge >= 0.3 is 0 Å². The number of benzene rings is 1. The van der Waals surface area contributed by atoms with Gasteiger partial charge in [0.25, 0.3) is 0 Å². The van der Waals surface area contributed by atoms with Gasteiger partial charge in [-0.05, 0) is 37.1 Å². The number of pyridine rings is 1. The maximum absolute atomic E-state index is 6.01. The van der Waals surface area contributed by atoms with E-state index in [4.69, 9.17) is 5.73 Å². The average molecular weight is 243 g/mol. The van der Waals surface area contributed by atoms with Crippen LogP contribution in [0.5, 0.6) is 0 Å². The van der Waals surface area contributed by atoms with E-state index in [2.05, 4.69) is 36.8 Å². The molecule has 3 nitrogen and oxygen atoms in total. The van der Waals surface area contributed by atoms with Gasteiger partial charge in [-0.1, -0.05) is 13.8 Å². The standard InChI is InChI=1S/C15H21N3/c1-4-11(5-2)18(3)14-9-8-13(16)12-7-6-10-17-15(12)14/h6-11H,4-5,16H2,1-3H3. The second kappa shape index (κ2) is 5.25. The lowest BCUT2D eigenvalue weighted by molar-refractivity contribution is 0.592. The quantitative estimate of drug-likeness (QED) is 0.836. The second-order valence-electron chi connectivity index (χ2n) is 4.65. The van der Waals surface area contributed by atoms with Crippen LogP contribution in [0.15, 0.2) is 30.5 Å². The van der Waals surface area contributed by atoms with Crippen molar-refractivity contribution in [2.45, 2.75) is 32.7 Å². The van der Waals surface area contributed by atoms with E-state index in [1.807, 2.05) is 24.4 Å². The Morgan fingerprint density at radius 3 is 2.61 bits per heavy atom. The summed E-state index contributed by atoms with van der Waals surface area (Å²) in [7, 11) is 2.14. The molecule has 0 fully saturated rings. The van der Waals surface area contributed by atoms with Crippen LogP contribution in [0.2, 0.25) is 0 Å². The van der Waals surface area contributed by atoms with Gasteiger partial charge in [0.2, 0.25) is 0 Å². The molecule has 0 saturated heterocycles. The normalized spacial score (nSPS) is 11.1. The van der Waals surface area contributed by atoms with Gasteiger partial charge in [-0.2, -0.15) is 0 Å². The van der Waals surface area contributed by atoms with E-state index in [9.17, 15) is 0 Å². The third kappa shape index (κ3) is 2.13. The van der Waals surface area contributed by atoms with Crippen molar-refractivity contribution in [2.75, 3.05) is 17.7 Å². The molecule has 1 aromatic carbocycles. The molecule has 1 aromatic heterocycles. The zero-order chi connectivity index (χ0) is 13.1. The number of rotatable bonds is 4. The molecule has 0 atom stereocenters. The highest BCUT2D eigenvalue weighted by molar-refractivity contribution is 5.98. The molecule has 0 radical (unpaired) electrons. The maximum atomic E-state index is 6.01. The van der Waals surface area contributed by atoms with Crippen molar-refractivity contribution in [3.63, 3.8) is 0 Å². The number of nitrogens with zero attached hydrogens (tertiary/aromatic N) is 2. The van der Waals surface area contributed by atoms with Gasteiger partial charge in [0.15, 0.2) is 0 Å². The molecule has 0 aliphatic carbocycles. The van der Waals surface area contributed by atoms with E-state index in [-0.39, 0.29) is 0 Å². The lowest BCUT2D eigenvalue weighted by Gasteiger charge is -2.29. The van der Waals surface area contributed by atoms with Crippen molar-refractivity contribution in [1.82, 2.24) is 4.98 Å². The lowest BCUT2D eigenvalue weighted by Crippen LogP contribution is -2.30. The molecule has 2 rings (SSSR count). The summed E-state index contributed by atoms with van der Waals surface area (Å²) in [6.07, 6.45) is 4.09. The molecule has 1 heterocycles. The minimum absolute atomic E-state index is 0.541. The topological polar surface area (TPSA) is 42.1 Å². The molecule has 96 valence electrons. The van der Waals surface area contributed by atoms with E-state index in [1.54, 1.807) is 0 Å². The lowest BCUT2D eigenvalue weighted by atomic mass is 10.1. The molecule has 0 spiro atoms. The molecule has 2 N–H and O–H groups in total. The monoisotopic (exact) mass is 243 g/mol. The number of nitrogen functional groups attached to an aromatic ring is 1. The fourth-order valence-corrected chi connectivity index (χ4v) is 2.50. The Labute approximate surface area is 109 Å². The van der Waals surface area contributed by atoms with Gasteiger partial charge in [0.1, 0.15) is 0 Å². The summed E-state index contributed by atoms with van der Waals surface area (Å²) in [5.41, 5.74) is 8.95. The largest absolute Gasteiger partial charge is 0.398 e. The summed E-state index contributed by atoms with van der Waals surface area (Å²) < 4.78 is 0. The highest BCUT2D eigenvalue weighted by atomic mass is 15.1. The van der Waals surface area contributed by atoms with Gasteiger partial charge in [-0.3, -0.25) is 4.98 Å². The Kier molecular flexibility index (Phi) is 3.70. The van der Waals surface area contributed by atoms with E-state index in [0.717, 1.165) is 35.1 Å². The minimum atomic E-state index is 0.541. The Balaban J connectivity index is 2.54. The van der Waals surface area contributed by atoms with Crippen molar-refractivity contribution in [2.24, 2.45) is 0 Å². The fourth-order valence-electron chi connectivity index (χ4n) is 2.50. The van der Waals surface area contributed by atoms with Gasteiger partial charge < -0.3 is 10.6 Å². The first-order valence-electron chi connectivity index (χ1n) is 6.55. The molecule has 0 bridgehead atoms. The van der Waals surface area contributed by atoms with Crippen LogP contribution in [-0.4, -0.2) is 18.1 Å². The van der Waals surface area contributed by atoms with Crippen LogP contribution in [0, 0.1) is 0 Å². The van der Waals surface area contributed by atoms with Crippen LogP contribution in [0.3, 0.4) is 0 Å². The Hall–Kier alpha value is -1.77. The molecule has 18 heavy (non-hydrogen) atoms. The summed E-state index contributed by atoms with van der Waals surface area (Å²) >= 11 is 0. The Morgan fingerprint density at radius 2 is 1.94 bits per heavy atom. The SMILES string of the molecule is CCC(CC)N(C)c1ccc(N)c2cccnc12. The zero-order valence-corrected chi connectivity index (χ0v) is 11.4. The minimum Gasteiger partial charge on any atom is -0.398 e. The summed E-state index contributed by atoms with van der Waals surface area (Å²) in [5.74, 6) is 0. The molecule has 0 amide bonds. The molecular formula is C15H21N3. The smallest absolute Gasteiger partial charge is 0.0955 e. The van der Waals surface area contributed by atoms with Crippen LogP contribution >= 0.6 is 0 Å². The molecule has 3 heteroatoms. The van der Waals surface area contributed by atoms with Crippen LogP contribution in [0.25, 0.3) is 10.9 Å². The molecule has 0 aliphatic rings. The number of aromatic nitrogens is 1. The molecular weight excluding hydrogens is 222 g/mol. The summed E-state index contributed by atoms with van der Waals surface area (Å²) in [6.45, 7) is 4.44. The average Bonchev–Trinajstić information content (AvgIpc) is 2.41. The fraction of sp³-hybridized carbons (Fsp3) is 0.400. The molecule has 0 saturated carbocycles. The summed E-state index contributed by atoms with van der Waals surface area (Å²) in [4.78, 5) is 6.81. The number of fused-ring (bicyclic) bond motifs is 1. The number of hydrogen-bond acceptors (Lipinski definition) is 3. The van der Waals surface area contributed by atoms with E-state index in [0.29, 0.717) is 6.04 Å². The number of anilines is 2. The van der Waals surface area contributed by atoms with Gasteiger partial charge in [0.05, 0.1) is 11.2 Å². The van der Waals surface area contributed by atoms with Gasteiger partial charge in [0, 0.05) is 30.4 Å². The Morgan fingerprint density at radius 1 is 1.22 bits per heavy atom. The first kappa shape index (κ1) is 12.7. The van der Waals surface area contributed by atoms with Crippen molar-refractivity contribution < 1.29 is 0 Å². The van der Waals surface area contributed by atoms with E-state index >= 15 is 0 Å². The van der Waals surface area contributed by atoms with Crippen LogP contribution in [0.4, 0.5) is 11.4 Å². The molecule has 2 aromatic rings. The third-order valence-electron chi connectivity index (χ3n) is 3.65. The van der Waals surface area contributed by atoms with Crippen molar-refractivity contribution >= 4 is 22.3 Å². The Bertz CT molecular complexity index is 532. The number of nitrogens with two attached hydrogens (primary N) is 1. The number of hydrogen-bond donors (Lipinski definition) is 1.